The number of nitrogens with one attached hydrogen (secondary N) is 1. The molecule has 4 rings (SSSR count). The van der Waals surface area contributed by atoms with Crippen LogP contribution in [0.25, 0.3) is 11.5 Å². The molecule has 5 nitrogen and oxygen atoms in total. The van der Waals surface area contributed by atoms with Gasteiger partial charge in [0, 0.05) is 5.69 Å². The van der Waals surface area contributed by atoms with Crippen molar-refractivity contribution in [3.05, 3.63) is 88.9 Å². The van der Waals surface area contributed by atoms with E-state index in [1.165, 1.54) is 0 Å². The number of oxazole rings is 1. The molecule has 0 atom stereocenters. The summed E-state index contributed by atoms with van der Waals surface area (Å²) in [5.74, 6) is 0.162. The molecule has 0 unspecified atom stereocenters. The van der Waals surface area contributed by atoms with Crippen molar-refractivity contribution in [2.45, 2.75) is 23.8 Å². The number of hydrogen-bond donors (Lipinski definition) is 1. The Kier molecular flexibility index (Phi) is 5.37. The van der Waals surface area contributed by atoms with Crippen molar-refractivity contribution >= 4 is 33.0 Å². The van der Waals surface area contributed by atoms with Gasteiger partial charge in [-0.15, -0.1) is 0 Å². The maximum absolute atomic E-state index is 13.3. The van der Waals surface area contributed by atoms with E-state index in [1.54, 1.807) is 48.5 Å². The Hall–Kier alpha value is -3.09. The van der Waals surface area contributed by atoms with E-state index in [4.69, 9.17) is 16.0 Å². The molecule has 0 bridgehead atoms. The van der Waals surface area contributed by atoms with E-state index in [2.05, 4.69) is 10.3 Å². The van der Waals surface area contributed by atoms with Crippen molar-refractivity contribution in [1.29, 1.82) is 0 Å². The molecule has 0 aliphatic rings. The molecule has 30 heavy (non-hydrogen) atoms. The number of rotatable bonds is 5. The van der Waals surface area contributed by atoms with Gasteiger partial charge < -0.3 is 9.73 Å². The highest BCUT2D eigenvalue weighted by molar-refractivity contribution is 7.91. The molecule has 0 amide bonds. The number of aryl methyl sites for hydroxylation is 2. The van der Waals surface area contributed by atoms with E-state index in [1.807, 2.05) is 38.1 Å². The molecule has 0 radical (unpaired) electrons. The summed E-state index contributed by atoms with van der Waals surface area (Å²) < 4.78 is 32.6. The summed E-state index contributed by atoms with van der Waals surface area (Å²) in [6, 6.07) is 21.1. The topological polar surface area (TPSA) is 72.2 Å². The zero-order valence-corrected chi connectivity index (χ0v) is 18.0. The molecule has 1 heterocycles. The third-order valence-electron chi connectivity index (χ3n) is 4.60. The lowest BCUT2D eigenvalue weighted by Gasteiger charge is -2.07. The SMILES string of the molecule is Cc1ccc(Nc2oc(-c3ccccc3Cl)nc2S(=O)(=O)c2ccc(C)cc2)cc1. The Morgan fingerprint density at radius 3 is 2.10 bits per heavy atom. The van der Waals surface area contributed by atoms with E-state index in [9.17, 15) is 8.42 Å². The van der Waals surface area contributed by atoms with Crippen LogP contribution in [-0.4, -0.2) is 13.4 Å². The van der Waals surface area contributed by atoms with Crippen molar-refractivity contribution in [2.24, 2.45) is 0 Å². The third-order valence-corrected chi connectivity index (χ3v) is 6.60. The normalized spacial score (nSPS) is 11.4. The molecule has 7 heteroatoms. The zero-order chi connectivity index (χ0) is 21.3. The van der Waals surface area contributed by atoms with Crippen LogP contribution in [0.15, 0.2) is 87.1 Å². The van der Waals surface area contributed by atoms with Crippen molar-refractivity contribution < 1.29 is 12.8 Å². The lowest BCUT2D eigenvalue weighted by Crippen LogP contribution is -2.05. The van der Waals surface area contributed by atoms with E-state index in [0.29, 0.717) is 16.3 Å². The third kappa shape index (κ3) is 3.97. The zero-order valence-electron chi connectivity index (χ0n) is 16.4. The maximum Gasteiger partial charge on any atom is 0.238 e. The summed E-state index contributed by atoms with van der Waals surface area (Å²) in [4.78, 5) is 4.46. The molecule has 0 saturated carbocycles. The van der Waals surface area contributed by atoms with Crippen LogP contribution >= 0.6 is 11.6 Å². The first-order chi connectivity index (χ1) is 14.3. The Bertz CT molecular complexity index is 1300. The number of aromatic nitrogens is 1. The fourth-order valence-corrected chi connectivity index (χ4v) is 4.39. The number of anilines is 2. The number of halogens is 1. The second-order valence-electron chi connectivity index (χ2n) is 6.94. The first-order valence-corrected chi connectivity index (χ1v) is 11.1. The van der Waals surface area contributed by atoms with Crippen LogP contribution in [0.3, 0.4) is 0 Å². The Labute approximate surface area is 180 Å². The van der Waals surface area contributed by atoms with Gasteiger partial charge in [0.1, 0.15) is 0 Å². The first kappa shape index (κ1) is 20.2. The monoisotopic (exact) mass is 438 g/mol. The lowest BCUT2D eigenvalue weighted by molar-refractivity contribution is 0.582. The fourth-order valence-electron chi connectivity index (χ4n) is 2.91. The quantitative estimate of drug-likeness (QED) is 0.402. The minimum atomic E-state index is -3.93. The van der Waals surface area contributed by atoms with Gasteiger partial charge in [-0.2, -0.15) is 4.98 Å². The van der Waals surface area contributed by atoms with Crippen LogP contribution in [0.1, 0.15) is 11.1 Å². The number of benzene rings is 3. The van der Waals surface area contributed by atoms with Gasteiger partial charge in [-0.25, -0.2) is 8.42 Å². The number of hydrogen-bond acceptors (Lipinski definition) is 5. The summed E-state index contributed by atoms with van der Waals surface area (Å²) >= 11 is 6.28. The van der Waals surface area contributed by atoms with E-state index >= 15 is 0 Å². The summed E-state index contributed by atoms with van der Waals surface area (Å²) in [6.07, 6.45) is 0. The predicted octanol–water partition coefficient (Wildman–Crippen LogP) is 6.19. The molecule has 1 aromatic heterocycles. The van der Waals surface area contributed by atoms with E-state index in [0.717, 1.165) is 11.1 Å². The van der Waals surface area contributed by atoms with Crippen molar-refractivity contribution in [3.8, 4) is 11.5 Å². The summed E-state index contributed by atoms with van der Waals surface area (Å²) in [5.41, 5.74) is 3.24. The molecule has 1 N–H and O–H groups in total. The fraction of sp³-hybridized carbons (Fsp3) is 0.0870. The van der Waals surface area contributed by atoms with Gasteiger partial charge in [0.15, 0.2) is 0 Å². The van der Waals surface area contributed by atoms with Crippen LogP contribution in [-0.2, 0) is 9.84 Å². The minimum Gasteiger partial charge on any atom is -0.419 e. The summed E-state index contributed by atoms with van der Waals surface area (Å²) in [5, 5.41) is 3.27. The minimum absolute atomic E-state index is 0.0364. The predicted molar refractivity (Wildman–Crippen MR) is 118 cm³/mol. The molecule has 0 spiro atoms. The number of sulfone groups is 1. The molecule has 4 aromatic rings. The molecular formula is C23H19ClN2O3S. The molecule has 0 saturated heterocycles. The molecule has 0 fully saturated rings. The van der Waals surface area contributed by atoms with Crippen LogP contribution < -0.4 is 5.32 Å². The van der Waals surface area contributed by atoms with Gasteiger partial charge in [0.05, 0.1) is 15.5 Å². The van der Waals surface area contributed by atoms with Crippen molar-refractivity contribution in [2.75, 3.05) is 5.32 Å². The summed E-state index contributed by atoms with van der Waals surface area (Å²) in [6.45, 7) is 3.87. The second kappa shape index (κ2) is 7.97. The average Bonchev–Trinajstić information content (AvgIpc) is 3.15. The Morgan fingerprint density at radius 1 is 0.867 bits per heavy atom. The second-order valence-corrected chi connectivity index (χ2v) is 9.21. The van der Waals surface area contributed by atoms with Crippen LogP contribution in [0, 0.1) is 13.8 Å². The smallest absolute Gasteiger partial charge is 0.238 e. The van der Waals surface area contributed by atoms with E-state index in [-0.39, 0.29) is 21.7 Å². The molecule has 3 aromatic carbocycles. The first-order valence-electron chi connectivity index (χ1n) is 9.26. The standard InChI is InChI=1S/C23H19ClN2O3S/c1-15-7-11-17(12-8-15)25-22-23(30(27,28)18-13-9-16(2)10-14-18)26-21(29-22)19-5-3-4-6-20(19)24/h3-14,25H,1-2H3. The van der Waals surface area contributed by atoms with Crippen molar-refractivity contribution in [1.82, 2.24) is 4.98 Å². The van der Waals surface area contributed by atoms with Crippen LogP contribution in [0.4, 0.5) is 11.6 Å². The molecule has 0 aliphatic heterocycles. The highest BCUT2D eigenvalue weighted by atomic mass is 35.5. The van der Waals surface area contributed by atoms with Crippen molar-refractivity contribution in [3.63, 3.8) is 0 Å². The highest BCUT2D eigenvalue weighted by Gasteiger charge is 2.29. The average molecular weight is 439 g/mol. The maximum atomic E-state index is 13.3. The van der Waals surface area contributed by atoms with Gasteiger partial charge in [0.2, 0.25) is 26.6 Å². The van der Waals surface area contributed by atoms with Crippen LogP contribution in [0.5, 0.6) is 0 Å². The van der Waals surface area contributed by atoms with Gasteiger partial charge >= 0.3 is 0 Å². The number of nitrogens with zero attached hydrogens (tertiary/aromatic N) is 1. The lowest BCUT2D eigenvalue weighted by atomic mass is 10.2. The van der Waals surface area contributed by atoms with Gasteiger partial charge in [-0.05, 0) is 50.2 Å². The van der Waals surface area contributed by atoms with Gasteiger partial charge in [-0.3, -0.25) is 0 Å². The molecule has 152 valence electrons. The van der Waals surface area contributed by atoms with E-state index < -0.39 is 9.84 Å². The Morgan fingerprint density at radius 2 is 1.47 bits per heavy atom. The molecular weight excluding hydrogens is 420 g/mol. The van der Waals surface area contributed by atoms with Gasteiger partial charge in [-0.1, -0.05) is 59.1 Å². The molecule has 0 aliphatic carbocycles. The highest BCUT2D eigenvalue weighted by Crippen LogP contribution is 2.36. The van der Waals surface area contributed by atoms with Crippen LogP contribution in [0.2, 0.25) is 5.02 Å². The van der Waals surface area contributed by atoms with Gasteiger partial charge in [0.25, 0.3) is 0 Å². The largest absolute Gasteiger partial charge is 0.419 e. The Balaban J connectivity index is 1.85. The summed E-state index contributed by atoms with van der Waals surface area (Å²) in [7, 11) is -3.93.